The summed E-state index contributed by atoms with van der Waals surface area (Å²) in [7, 11) is 1.59. The van der Waals surface area contributed by atoms with Crippen LogP contribution in [-0.2, 0) is 29.0 Å². The lowest BCUT2D eigenvalue weighted by atomic mass is 9.93. The number of carbonyl (C=O) groups excluding carboxylic acids is 1. The van der Waals surface area contributed by atoms with Crippen LogP contribution in [0.2, 0.25) is 0 Å². The van der Waals surface area contributed by atoms with E-state index in [0.29, 0.717) is 30.8 Å². The zero-order valence-electron chi connectivity index (χ0n) is 23.7. The number of hydrogen-bond donors (Lipinski definition) is 1. The number of carbonyl (C=O) groups is 2. The van der Waals surface area contributed by atoms with E-state index in [1.807, 2.05) is 24.0 Å². The first kappa shape index (κ1) is 31.5. The lowest BCUT2D eigenvalue weighted by molar-refractivity contribution is -0.137. The molecular formula is C32H42F3NO4. The van der Waals surface area contributed by atoms with Gasteiger partial charge in [-0.15, -0.1) is 0 Å². The number of halogens is 3. The van der Waals surface area contributed by atoms with Crippen molar-refractivity contribution in [3.05, 3.63) is 53.1 Å². The van der Waals surface area contributed by atoms with Crippen molar-refractivity contribution < 1.29 is 32.6 Å². The van der Waals surface area contributed by atoms with Crippen LogP contribution >= 0.6 is 0 Å². The molecule has 0 saturated heterocycles. The second-order valence-corrected chi connectivity index (χ2v) is 10.8. The first-order chi connectivity index (χ1) is 19.1. The van der Waals surface area contributed by atoms with Gasteiger partial charge in [0.1, 0.15) is 5.75 Å². The fourth-order valence-corrected chi connectivity index (χ4v) is 5.12. The van der Waals surface area contributed by atoms with Gasteiger partial charge in [-0.05, 0) is 73.4 Å². The standard InChI is InChI=1S/C32H42F3NO4/c1-3-36(31(39)25-14-15-25)22-26-19-23(11-9-7-5-4-6-8-10-18-32(33,34)35)12-16-27(26)28-20-24(21-30(37)38)13-17-29(28)40-2/h12-13,16-17,19-20,25H,3-11,14-15,18,21-22H2,1-2H3,(H,37,38). The first-order valence-electron chi connectivity index (χ1n) is 14.5. The number of aryl methyl sites for hydroxylation is 1. The van der Waals surface area contributed by atoms with Crippen LogP contribution in [0.1, 0.15) is 87.8 Å². The van der Waals surface area contributed by atoms with Crippen LogP contribution in [0, 0.1) is 5.92 Å². The van der Waals surface area contributed by atoms with Gasteiger partial charge < -0.3 is 14.7 Å². The summed E-state index contributed by atoms with van der Waals surface area (Å²) < 4.78 is 42.4. The fraction of sp³-hybridized carbons (Fsp3) is 0.562. The average molecular weight is 562 g/mol. The number of aliphatic carboxylic acids is 1. The molecule has 0 spiro atoms. The second kappa shape index (κ2) is 15.1. The zero-order valence-corrected chi connectivity index (χ0v) is 23.7. The molecule has 0 bridgehead atoms. The molecule has 40 heavy (non-hydrogen) atoms. The quantitative estimate of drug-likeness (QED) is 0.199. The average Bonchev–Trinajstić information content (AvgIpc) is 3.75. The van der Waals surface area contributed by atoms with Gasteiger partial charge in [0.2, 0.25) is 5.91 Å². The molecule has 1 aliphatic carbocycles. The molecule has 0 unspecified atom stereocenters. The number of carboxylic acids is 1. The van der Waals surface area contributed by atoms with Crippen LogP contribution in [0.4, 0.5) is 13.2 Å². The number of alkyl halides is 3. The Balaban J connectivity index is 1.71. The summed E-state index contributed by atoms with van der Waals surface area (Å²) in [6.07, 6.45) is 3.53. The summed E-state index contributed by atoms with van der Waals surface area (Å²) in [5, 5.41) is 9.30. The predicted molar refractivity (Wildman–Crippen MR) is 150 cm³/mol. The summed E-state index contributed by atoms with van der Waals surface area (Å²) in [6.45, 7) is 3.07. The molecule has 5 nitrogen and oxygen atoms in total. The molecule has 1 aliphatic rings. The Kier molecular flexibility index (Phi) is 11.9. The molecule has 0 aliphatic heterocycles. The SMILES string of the molecule is CCN(Cc1cc(CCCCCCCCCC(F)(F)F)ccc1-c1cc(CC(=O)O)ccc1OC)C(=O)C1CC1. The predicted octanol–water partition coefficient (Wildman–Crippen LogP) is 7.97. The third-order valence-electron chi connectivity index (χ3n) is 7.49. The molecular weight excluding hydrogens is 519 g/mol. The highest BCUT2D eigenvalue weighted by atomic mass is 19.4. The Labute approximate surface area is 235 Å². The number of benzene rings is 2. The van der Waals surface area contributed by atoms with E-state index in [1.165, 1.54) is 5.56 Å². The molecule has 8 heteroatoms. The molecule has 2 aromatic rings. The van der Waals surface area contributed by atoms with Gasteiger partial charge in [0, 0.05) is 31.0 Å². The second-order valence-electron chi connectivity index (χ2n) is 10.8. The zero-order chi connectivity index (χ0) is 29.1. The third kappa shape index (κ3) is 10.2. The minimum absolute atomic E-state index is 0.0893. The minimum atomic E-state index is -4.06. The number of methoxy groups -OCH3 is 1. The van der Waals surface area contributed by atoms with Gasteiger partial charge in [-0.25, -0.2) is 0 Å². The molecule has 2 aromatic carbocycles. The Morgan fingerprint density at radius 2 is 1.57 bits per heavy atom. The minimum Gasteiger partial charge on any atom is -0.496 e. The number of unbranched alkanes of at least 4 members (excludes halogenated alkanes) is 6. The molecule has 0 radical (unpaired) electrons. The molecule has 1 amide bonds. The maximum absolute atomic E-state index is 12.9. The monoisotopic (exact) mass is 561 g/mol. The number of hydrogen-bond acceptors (Lipinski definition) is 3. The van der Waals surface area contributed by atoms with E-state index >= 15 is 0 Å². The largest absolute Gasteiger partial charge is 0.496 e. The van der Waals surface area contributed by atoms with Crippen molar-refractivity contribution in [1.82, 2.24) is 4.90 Å². The summed E-state index contributed by atoms with van der Waals surface area (Å²) in [5.74, 6) is 0.0456. The van der Waals surface area contributed by atoms with Crippen LogP contribution in [-0.4, -0.2) is 41.7 Å². The van der Waals surface area contributed by atoms with Crippen molar-refractivity contribution in [3.63, 3.8) is 0 Å². The van der Waals surface area contributed by atoms with Crippen molar-refractivity contribution >= 4 is 11.9 Å². The topological polar surface area (TPSA) is 66.8 Å². The number of amides is 1. The van der Waals surface area contributed by atoms with E-state index in [2.05, 4.69) is 12.1 Å². The third-order valence-corrected chi connectivity index (χ3v) is 7.49. The molecule has 0 atom stereocenters. The van der Waals surface area contributed by atoms with Crippen molar-refractivity contribution in [2.24, 2.45) is 5.92 Å². The van der Waals surface area contributed by atoms with E-state index in [0.717, 1.165) is 68.1 Å². The smallest absolute Gasteiger partial charge is 0.389 e. The molecule has 0 aromatic heterocycles. The van der Waals surface area contributed by atoms with Gasteiger partial charge in [0.05, 0.1) is 13.5 Å². The fourth-order valence-electron chi connectivity index (χ4n) is 5.12. The van der Waals surface area contributed by atoms with Crippen LogP contribution < -0.4 is 4.74 Å². The Bertz CT molecular complexity index is 1130. The van der Waals surface area contributed by atoms with E-state index in [1.54, 1.807) is 19.2 Å². The van der Waals surface area contributed by atoms with E-state index in [-0.39, 0.29) is 24.7 Å². The maximum atomic E-state index is 12.9. The number of rotatable bonds is 17. The van der Waals surface area contributed by atoms with E-state index in [9.17, 15) is 27.9 Å². The number of nitrogens with zero attached hydrogens (tertiary/aromatic N) is 1. The Hall–Kier alpha value is -3.03. The summed E-state index contributed by atoms with van der Waals surface area (Å²) in [5.41, 5.74) is 4.58. The van der Waals surface area contributed by atoms with Crippen LogP contribution in [0.3, 0.4) is 0 Å². The lowest BCUT2D eigenvalue weighted by Crippen LogP contribution is -2.31. The number of carboxylic acid groups (broad SMARTS) is 1. The molecule has 3 rings (SSSR count). The van der Waals surface area contributed by atoms with Gasteiger partial charge in [0.15, 0.2) is 0 Å². The van der Waals surface area contributed by atoms with Crippen LogP contribution in [0.5, 0.6) is 5.75 Å². The highest BCUT2D eigenvalue weighted by Crippen LogP contribution is 2.36. The van der Waals surface area contributed by atoms with Gasteiger partial charge in [-0.1, -0.05) is 56.4 Å². The van der Waals surface area contributed by atoms with E-state index in [4.69, 9.17) is 4.74 Å². The molecule has 1 saturated carbocycles. The van der Waals surface area contributed by atoms with Crippen molar-refractivity contribution in [2.45, 2.75) is 96.7 Å². The summed E-state index contributed by atoms with van der Waals surface area (Å²) >= 11 is 0. The van der Waals surface area contributed by atoms with Crippen molar-refractivity contribution in [3.8, 4) is 16.9 Å². The summed E-state index contributed by atoms with van der Waals surface area (Å²) in [4.78, 5) is 26.2. The Morgan fingerprint density at radius 3 is 2.17 bits per heavy atom. The normalized spacial score (nSPS) is 13.3. The maximum Gasteiger partial charge on any atom is 0.389 e. The van der Waals surface area contributed by atoms with Crippen molar-refractivity contribution in [1.29, 1.82) is 0 Å². The van der Waals surface area contributed by atoms with Gasteiger partial charge in [-0.2, -0.15) is 13.2 Å². The summed E-state index contributed by atoms with van der Waals surface area (Å²) in [6, 6.07) is 11.7. The molecule has 0 heterocycles. The molecule has 1 N–H and O–H groups in total. The van der Waals surface area contributed by atoms with Crippen molar-refractivity contribution in [2.75, 3.05) is 13.7 Å². The Morgan fingerprint density at radius 1 is 0.925 bits per heavy atom. The number of ether oxygens (including phenoxy) is 1. The molecule has 220 valence electrons. The van der Waals surface area contributed by atoms with Gasteiger partial charge in [-0.3, -0.25) is 9.59 Å². The van der Waals surface area contributed by atoms with Gasteiger partial charge >= 0.3 is 12.1 Å². The van der Waals surface area contributed by atoms with Gasteiger partial charge in [0.25, 0.3) is 0 Å². The highest BCUT2D eigenvalue weighted by molar-refractivity contribution is 5.82. The first-order valence-corrected chi connectivity index (χ1v) is 14.5. The lowest BCUT2D eigenvalue weighted by Gasteiger charge is -2.24. The van der Waals surface area contributed by atoms with Crippen LogP contribution in [0.25, 0.3) is 11.1 Å². The molecule has 1 fully saturated rings. The van der Waals surface area contributed by atoms with E-state index < -0.39 is 18.6 Å². The van der Waals surface area contributed by atoms with Crippen LogP contribution in [0.15, 0.2) is 36.4 Å². The highest BCUT2D eigenvalue weighted by Gasteiger charge is 2.33.